The summed E-state index contributed by atoms with van der Waals surface area (Å²) in [6.45, 7) is 6.24. The number of amides is 1. The van der Waals surface area contributed by atoms with Crippen LogP contribution in [0.3, 0.4) is 0 Å². The highest BCUT2D eigenvalue weighted by atomic mass is 32.2. The molecule has 0 saturated carbocycles. The highest BCUT2D eigenvalue weighted by Gasteiger charge is 2.35. The molecule has 0 radical (unpaired) electrons. The van der Waals surface area contributed by atoms with Gasteiger partial charge >= 0.3 is 0 Å². The van der Waals surface area contributed by atoms with Crippen molar-refractivity contribution < 1.29 is 13.2 Å². The summed E-state index contributed by atoms with van der Waals surface area (Å²) in [5.74, 6) is 0.140. The molecule has 2 heterocycles. The number of likely N-dealkylation sites (tertiary alicyclic amines) is 1. The molecule has 2 aliphatic heterocycles. The van der Waals surface area contributed by atoms with Gasteiger partial charge in [-0.1, -0.05) is 17.7 Å². The van der Waals surface area contributed by atoms with Crippen LogP contribution in [0.15, 0.2) is 23.1 Å². The van der Waals surface area contributed by atoms with Crippen LogP contribution in [-0.2, 0) is 14.8 Å². The molecule has 1 unspecified atom stereocenters. The van der Waals surface area contributed by atoms with Crippen LogP contribution < -0.4 is 0 Å². The molecule has 0 bridgehead atoms. The van der Waals surface area contributed by atoms with Crippen molar-refractivity contribution in [1.29, 1.82) is 0 Å². The van der Waals surface area contributed by atoms with Gasteiger partial charge in [-0.15, -0.1) is 0 Å². The Morgan fingerprint density at radius 1 is 1.07 bits per heavy atom. The van der Waals surface area contributed by atoms with Gasteiger partial charge in [0, 0.05) is 38.1 Å². The molecular weight excluding hydrogens is 374 g/mol. The molecular formula is C21H33N3O3S. The zero-order valence-corrected chi connectivity index (χ0v) is 18.3. The van der Waals surface area contributed by atoms with Crippen molar-refractivity contribution in [2.75, 3.05) is 40.3 Å². The fourth-order valence-corrected chi connectivity index (χ4v) is 6.08. The van der Waals surface area contributed by atoms with E-state index in [1.54, 1.807) is 10.4 Å². The minimum absolute atomic E-state index is 0.0634. The van der Waals surface area contributed by atoms with Gasteiger partial charge in [0.2, 0.25) is 15.9 Å². The van der Waals surface area contributed by atoms with Gasteiger partial charge in [-0.3, -0.25) is 4.79 Å². The SMILES string of the molecule is Cc1ccc(S(=O)(=O)N2CCC(C(=O)N3CCCC(N(C)C)C3)CC2)c(C)c1. The van der Waals surface area contributed by atoms with E-state index in [-0.39, 0.29) is 11.8 Å². The average molecular weight is 408 g/mol. The third-order valence-corrected chi connectivity index (χ3v) is 8.25. The van der Waals surface area contributed by atoms with Gasteiger partial charge in [-0.05, 0) is 65.3 Å². The minimum Gasteiger partial charge on any atom is -0.341 e. The molecule has 1 aromatic carbocycles. The topological polar surface area (TPSA) is 60.9 Å². The van der Waals surface area contributed by atoms with Crippen molar-refractivity contribution >= 4 is 15.9 Å². The maximum absolute atomic E-state index is 13.0. The van der Waals surface area contributed by atoms with Crippen molar-refractivity contribution in [1.82, 2.24) is 14.1 Å². The van der Waals surface area contributed by atoms with E-state index in [0.29, 0.717) is 36.9 Å². The second-order valence-corrected chi connectivity index (χ2v) is 10.4. The summed E-state index contributed by atoms with van der Waals surface area (Å²) >= 11 is 0. The molecule has 2 fully saturated rings. The van der Waals surface area contributed by atoms with E-state index >= 15 is 0 Å². The maximum atomic E-state index is 13.0. The standard InChI is InChI=1S/C21H33N3O3S/c1-16-7-8-20(17(2)14-16)28(26,27)24-12-9-18(10-13-24)21(25)23-11-5-6-19(15-23)22(3)4/h7-8,14,18-19H,5-6,9-13,15H2,1-4H3. The minimum atomic E-state index is -3.50. The van der Waals surface area contributed by atoms with Crippen LogP contribution in [0.1, 0.15) is 36.8 Å². The van der Waals surface area contributed by atoms with Gasteiger partial charge < -0.3 is 9.80 Å². The molecule has 0 aromatic heterocycles. The van der Waals surface area contributed by atoms with E-state index in [1.807, 2.05) is 30.9 Å². The number of sulfonamides is 1. The smallest absolute Gasteiger partial charge is 0.243 e. The summed E-state index contributed by atoms with van der Waals surface area (Å²) in [6, 6.07) is 5.86. The molecule has 0 N–H and O–H groups in total. The van der Waals surface area contributed by atoms with Gasteiger partial charge in [-0.25, -0.2) is 8.42 Å². The Morgan fingerprint density at radius 3 is 2.36 bits per heavy atom. The number of carbonyl (C=O) groups excluding carboxylic acids is 1. The number of hydrogen-bond acceptors (Lipinski definition) is 4. The van der Waals surface area contributed by atoms with Crippen molar-refractivity contribution in [2.24, 2.45) is 5.92 Å². The second-order valence-electron chi connectivity index (χ2n) is 8.49. The number of rotatable bonds is 4. The maximum Gasteiger partial charge on any atom is 0.243 e. The molecule has 7 heteroatoms. The van der Waals surface area contributed by atoms with E-state index in [2.05, 4.69) is 19.0 Å². The Labute approximate surface area is 169 Å². The Morgan fingerprint density at radius 2 is 1.75 bits per heavy atom. The number of carbonyl (C=O) groups is 1. The summed E-state index contributed by atoms with van der Waals surface area (Å²) in [4.78, 5) is 17.5. The van der Waals surface area contributed by atoms with Crippen LogP contribution in [0.4, 0.5) is 0 Å². The number of piperidine rings is 2. The normalized spacial score (nSPS) is 22.6. The molecule has 3 rings (SSSR count). The van der Waals surface area contributed by atoms with Gasteiger partial charge in [0.1, 0.15) is 0 Å². The Bertz CT molecular complexity index is 814. The third kappa shape index (κ3) is 4.42. The van der Waals surface area contributed by atoms with Gasteiger partial charge in [0.15, 0.2) is 0 Å². The lowest BCUT2D eigenvalue weighted by Crippen LogP contribution is -2.51. The number of aryl methyl sites for hydroxylation is 2. The Kier molecular flexibility index (Phi) is 6.47. The lowest BCUT2D eigenvalue weighted by atomic mass is 9.94. The molecule has 0 spiro atoms. The van der Waals surface area contributed by atoms with E-state index in [1.165, 1.54) is 0 Å². The molecule has 1 amide bonds. The predicted octanol–water partition coefficient (Wildman–Crippen LogP) is 2.26. The summed E-state index contributed by atoms with van der Waals surface area (Å²) < 4.78 is 27.6. The molecule has 2 aliphatic rings. The zero-order valence-electron chi connectivity index (χ0n) is 17.5. The first-order chi connectivity index (χ1) is 13.2. The van der Waals surface area contributed by atoms with Crippen LogP contribution in [0.5, 0.6) is 0 Å². The number of nitrogens with zero attached hydrogens (tertiary/aromatic N) is 3. The predicted molar refractivity (Wildman–Crippen MR) is 111 cm³/mol. The molecule has 0 aliphatic carbocycles. The molecule has 6 nitrogen and oxygen atoms in total. The van der Waals surface area contributed by atoms with Gasteiger partial charge in [0.25, 0.3) is 0 Å². The fraction of sp³-hybridized carbons (Fsp3) is 0.667. The zero-order chi connectivity index (χ0) is 20.5. The molecule has 156 valence electrons. The van der Waals surface area contributed by atoms with Crippen molar-refractivity contribution in [3.05, 3.63) is 29.3 Å². The number of likely N-dealkylation sites (N-methyl/N-ethyl adjacent to an activating group) is 1. The van der Waals surface area contributed by atoms with Crippen molar-refractivity contribution in [3.8, 4) is 0 Å². The van der Waals surface area contributed by atoms with Crippen LogP contribution >= 0.6 is 0 Å². The van der Waals surface area contributed by atoms with Crippen molar-refractivity contribution in [3.63, 3.8) is 0 Å². The molecule has 2 saturated heterocycles. The van der Waals surface area contributed by atoms with Crippen molar-refractivity contribution in [2.45, 2.75) is 50.5 Å². The average Bonchev–Trinajstić information content (AvgIpc) is 2.67. The van der Waals surface area contributed by atoms with Crippen LogP contribution in [0.2, 0.25) is 0 Å². The fourth-order valence-electron chi connectivity index (χ4n) is 4.41. The van der Waals surface area contributed by atoms with E-state index in [9.17, 15) is 13.2 Å². The number of hydrogen-bond donors (Lipinski definition) is 0. The third-order valence-electron chi connectivity index (χ3n) is 6.19. The highest BCUT2D eigenvalue weighted by molar-refractivity contribution is 7.89. The van der Waals surface area contributed by atoms with E-state index in [0.717, 1.165) is 37.1 Å². The molecule has 1 aromatic rings. The lowest BCUT2D eigenvalue weighted by molar-refractivity contribution is -0.138. The monoisotopic (exact) mass is 407 g/mol. The summed E-state index contributed by atoms with van der Waals surface area (Å²) in [7, 11) is 0.627. The lowest BCUT2D eigenvalue weighted by Gasteiger charge is -2.39. The van der Waals surface area contributed by atoms with Crippen LogP contribution in [0, 0.1) is 19.8 Å². The first kappa shape index (κ1) is 21.3. The summed E-state index contributed by atoms with van der Waals surface area (Å²) in [6.07, 6.45) is 3.37. The first-order valence-corrected chi connectivity index (χ1v) is 11.7. The number of benzene rings is 1. The Balaban J connectivity index is 1.63. The first-order valence-electron chi connectivity index (χ1n) is 10.2. The van der Waals surface area contributed by atoms with E-state index in [4.69, 9.17) is 0 Å². The largest absolute Gasteiger partial charge is 0.341 e. The summed E-state index contributed by atoms with van der Waals surface area (Å²) in [5, 5.41) is 0. The molecule has 1 atom stereocenters. The van der Waals surface area contributed by atoms with Gasteiger partial charge in [-0.2, -0.15) is 4.31 Å². The highest BCUT2D eigenvalue weighted by Crippen LogP contribution is 2.28. The van der Waals surface area contributed by atoms with Gasteiger partial charge in [0.05, 0.1) is 4.90 Å². The van der Waals surface area contributed by atoms with Crippen LogP contribution in [-0.4, -0.2) is 74.7 Å². The Hall–Kier alpha value is -1.44. The second kappa shape index (κ2) is 8.51. The summed E-state index contributed by atoms with van der Waals surface area (Å²) in [5.41, 5.74) is 1.83. The quantitative estimate of drug-likeness (QED) is 0.768. The van der Waals surface area contributed by atoms with Crippen LogP contribution in [0.25, 0.3) is 0 Å². The molecule has 28 heavy (non-hydrogen) atoms. The van der Waals surface area contributed by atoms with E-state index < -0.39 is 10.0 Å².